The lowest BCUT2D eigenvalue weighted by molar-refractivity contribution is -0.112. The Labute approximate surface area is 193 Å². The summed E-state index contributed by atoms with van der Waals surface area (Å²) in [7, 11) is 1.96. The molecule has 0 fully saturated rings. The Morgan fingerprint density at radius 3 is 2.50 bits per heavy atom. The van der Waals surface area contributed by atoms with Crippen LogP contribution in [0.2, 0.25) is 0 Å². The standard InChI is InChI=1S/C24H20N4O2S2/c1-4-14-27-22(30)20(24-26(3)17-12-8-9-13-18(17)31-24)32-23(27)19-15(2)25-28(21(19)29)16-10-6-5-7-11-16/h4-13H,1,14H2,2-3H3/b23-19+,24-20+. The molecule has 5 rings (SSSR count). The van der Waals surface area contributed by atoms with Crippen LogP contribution in [0.4, 0.5) is 11.4 Å². The van der Waals surface area contributed by atoms with Crippen LogP contribution in [0.15, 0.2) is 82.0 Å². The molecule has 1 aromatic heterocycles. The summed E-state index contributed by atoms with van der Waals surface area (Å²) in [4.78, 5) is 30.0. The molecule has 1 amide bonds. The van der Waals surface area contributed by atoms with Gasteiger partial charge in [0.25, 0.3) is 11.5 Å². The molecule has 0 aliphatic carbocycles. The van der Waals surface area contributed by atoms with Crippen LogP contribution in [0.1, 0.15) is 6.92 Å². The molecule has 8 heteroatoms. The molecule has 32 heavy (non-hydrogen) atoms. The summed E-state index contributed by atoms with van der Waals surface area (Å²) < 4.78 is 2.84. The van der Waals surface area contributed by atoms with E-state index in [9.17, 15) is 9.59 Å². The molecule has 0 saturated carbocycles. The van der Waals surface area contributed by atoms with Crippen LogP contribution in [-0.2, 0) is 11.3 Å². The van der Waals surface area contributed by atoms with Gasteiger partial charge in [0, 0.05) is 18.5 Å². The number of anilines is 2. The number of aromatic nitrogens is 1. The number of thioether (sulfide) groups is 1. The van der Waals surface area contributed by atoms with Crippen molar-refractivity contribution >= 4 is 56.7 Å². The largest absolute Gasteiger partial charge is 0.337 e. The Kier molecular flexibility index (Phi) is 5.11. The fourth-order valence-corrected chi connectivity index (χ4v) is 6.37. The maximum Gasteiger partial charge on any atom is 0.283 e. The minimum Gasteiger partial charge on any atom is -0.337 e. The van der Waals surface area contributed by atoms with Gasteiger partial charge in [-0.3, -0.25) is 14.2 Å². The van der Waals surface area contributed by atoms with E-state index in [-0.39, 0.29) is 11.5 Å². The van der Waals surface area contributed by atoms with Crippen molar-refractivity contribution in [2.24, 2.45) is 5.10 Å². The van der Waals surface area contributed by atoms with E-state index in [1.54, 1.807) is 29.3 Å². The molecule has 3 heterocycles. The molecule has 2 aliphatic heterocycles. The Morgan fingerprint density at radius 1 is 1.06 bits per heavy atom. The number of para-hydroxylation sites is 2. The summed E-state index contributed by atoms with van der Waals surface area (Å²) in [6.45, 7) is 5.92. The number of nitrogens with zero attached hydrogens (tertiary/aromatic N) is 4. The first kappa shape index (κ1) is 20.5. The van der Waals surface area contributed by atoms with Gasteiger partial charge in [-0.1, -0.05) is 48.2 Å². The van der Waals surface area contributed by atoms with Gasteiger partial charge in [-0.2, -0.15) is 10.1 Å². The number of fused-ring (bicyclic) bond motifs is 1. The van der Waals surface area contributed by atoms with Gasteiger partial charge in [0.1, 0.15) is 14.2 Å². The third-order valence-corrected chi connectivity index (χ3v) is 7.92. The number of benzene rings is 2. The number of hydrogen-bond donors (Lipinski definition) is 0. The highest BCUT2D eigenvalue weighted by Crippen LogP contribution is 2.44. The quantitative estimate of drug-likeness (QED) is 0.564. The van der Waals surface area contributed by atoms with Crippen molar-refractivity contribution in [3.63, 3.8) is 0 Å². The Morgan fingerprint density at radius 2 is 1.78 bits per heavy atom. The number of carbonyl (C=O) groups is 1. The second-order valence-electron chi connectivity index (χ2n) is 7.39. The highest BCUT2D eigenvalue weighted by atomic mass is 32.2. The van der Waals surface area contributed by atoms with Crippen molar-refractivity contribution in [3.8, 4) is 0 Å². The molecule has 0 unspecified atom stereocenters. The van der Waals surface area contributed by atoms with E-state index in [0.717, 1.165) is 15.6 Å². The highest BCUT2D eigenvalue weighted by Gasteiger charge is 2.32. The summed E-state index contributed by atoms with van der Waals surface area (Å²) in [5.41, 5.74) is 2.67. The fraction of sp³-hybridized carbons (Fsp3) is 0.125. The maximum atomic E-state index is 13.5. The van der Waals surface area contributed by atoms with Gasteiger partial charge in [0.15, 0.2) is 0 Å². The van der Waals surface area contributed by atoms with Crippen molar-refractivity contribution < 1.29 is 4.79 Å². The number of allylic oxidation sites excluding steroid dienone is 1. The van der Waals surface area contributed by atoms with E-state index in [4.69, 9.17) is 0 Å². The molecule has 0 atom stereocenters. The van der Waals surface area contributed by atoms with Crippen LogP contribution in [0.3, 0.4) is 0 Å². The van der Waals surface area contributed by atoms with Gasteiger partial charge in [0.05, 0.1) is 22.7 Å². The normalized spacial score (nSPS) is 18.8. The predicted molar refractivity (Wildman–Crippen MR) is 133 cm³/mol. The number of amides is 1. The lowest BCUT2D eigenvalue weighted by Gasteiger charge is -2.11. The molecule has 0 radical (unpaired) electrons. The zero-order valence-corrected chi connectivity index (χ0v) is 19.2. The second kappa shape index (κ2) is 7.96. The smallest absolute Gasteiger partial charge is 0.283 e. The number of hydrogen-bond acceptors (Lipinski definition) is 6. The Balaban J connectivity index is 1.74. The van der Waals surface area contributed by atoms with Gasteiger partial charge in [-0.15, -0.1) is 17.9 Å². The predicted octanol–water partition coefficient (Wildman–Crippen LogP) is 2.98. The van der Waals surface area contributed by atoms with Crippen molar-refractivity contribution in [1.82, 2.24) is 4.57 Å². The minimum absolute atomic E-state index is 0.127. The van der Waals surface area contributed by atoms with Gasteiger partial charge in [-0.25, -0.2) is 0 Å². The first-order valence-corrected chi connectivity index (χ1v) is 11.7. The average molecular weight is 461 g/mol. The number of carbonyl (C=O) groups excluding carboxylic acids is 1. The van der Waals surface area contributed by atoms with Gasteiger partial charge in [0.2, 0.25) is 0 Å². The van der Waals surface area contributed by atoms with Crippen molar-refractivity contribution in [1.29, 1.82) is 0 Å². The van der Waals surface area contributed by atoms with Crippen LogP contribution in [0.5, 0.6) is 0 Å². The summed E-state index contributed by atoms with van der Waals surface area (Å²) >= 11 is 2.91. The molecule has 2 aromatic carbocycles. The molecular formula is C24H20N4O2S2. The monoisotopic (exact) mass is 460 g/mol. The third kappa shape index (κ3) is 3.14. The molecule has 160 valence electrons. The lowest BCUT2D eigenvalue weighted by Crippen LogP contribution is -2.35. The Hall–Kier alpha value is -3.36. The van der Waals surface area contributed by atoms with Crippen LogP contribution in [-0.4, -0.2) is 23.2 Å². The summed E-state index contributed by atoms with van der Waals surface area (Å²) in [5.74, 6) is -0.236. The molecule has 0 bridgehead atoms. The van der Waals surface area contributed by atoms with Crippen LogP contribution < -0.4 is 24.7 Å². The third-order valence-electron chi connectivity index (χ3n) is 5.36. The van der Waals surface area contributed by atoms with E-state index in [2.05, 4.69) is 11.7 Å². The first-order chi connectivity index (χ1) is 15.5. The number of rotatable bonds is 3. The zero-order chi connectivity index (χ0) is 22.4. The lowest BCUT2D eigenvalue weighted by atomic mass is 10.2. The van der Waals surface area contributed by atoms with E-state index in [0.29, 0.717) is 32.7 Å². The molecule has 0 N–H and O–H groups in total. The van der Waals surface area contributed by atoms with Crippen LogP contribution >= 0.6 is 23.1 Å². The zero-order valence-electron chi connectivity index (χ0n) is 17.6. The molecule has 6 nitrogen and oxygen atoms in total. The molecule has 2 aliphatic rings. The van der Waals surface area contributed by atoms with Crippen molar-refractivity contribution in [3.05, 3.63) is 86.8 Å². The first-order valence-electron chi connectivity index (χ1n) is 10.1. The van der Waals surface area contributed by atoms with Crippen molar-refractivity contribution in [2.45, 2.75) is 18.4 Å². The topological polar surface area (TPSA) is 57.9 Å². The molecular weight excluding hydrogens is 440 g/mol. The molecule has 0 saturated heterocycles. The number of thiazole rings is 1. The Bertz CT molecular complexity index is 1470. The van der Waals surface area contributed by atoms with E-state index in [1.165, 1.54) is 16.3 Å². The van der Waals surface area contributed by atoms with Crippen LogP contribution in [0, 0.1) is 0 Å². The summed E-state index contributed by atoms with van der Waals surface area (Å²) in [6, 6.07) is 17.4. The van der Waals surface area contributed by atoms with E-state index >= 15 is 0 Å². The average Bonchev–Trinajstić information content (AvgIpc) is 3.41. The van der Waals surface area contributed by atoms with E-state index < -0.39 is 0 Å². The van der Waals surface area contributed by atoms with Gasteiger partial charge >= 0.3 is 0 Å². The van der Waals surface area contributed by atoms with Gasteiger partial charge in [-0.05, 0) is 31.2 Å². The second-order valence-corrected chi connectivity index (χ2v) is 9.42. The molecule has 3 aromatic rings. The fourth-order valence-electron chi connectivity index (χ4n) is 3.82. The summed E-state index contributed by atoms with van der Waals surface area (Å²) in [5, 5.41) is 6.75. The van der Waals surface area contributed by atoms with Crippen LogP contribution in [0.25, 0.3) is 10.6 Å². The molecule has 0 spiro atoms. The summed E-state index contributed by atoms with van der Waals surface area (Å²) in [6.07, 6.45) is 1.67. The highest BCUT2D eigenvalue weighted by molar-refractivity contribution is 8.08. The minimum atomic E-state index is -0.236. The SMILES string of the molecule is C=CCn1c(=O)/c(=C2\Sc3ccccc3N2C)s/c1=C1/C(=O)N(c2ccccc2)N=C1C. The number of hydrazone groups is 1. The van der Waals surface area contributed by atoms with E-state index in [1.807, 2.05) is 66.5 Å². The van der Waals surface area contributed by atoms with Gasteiger partial charge < -0.3 is 4.90 Å². The maximum absolute atomic E-state index is 13.5. The van der Waals surface area contributed by atoms with Crippen molar-refractivity contribution in [2.75, 3.05) is 17.0 Å².